The predicted molar refractivity (Wildman–Crippen MR) is 129 cm³/mol. The number of fused-ring (bicyclic) bond motifs is 4. The minimum absolute atomic E-state index is 0.127. The third-order valence-electron chi connectivity index (χ3n) is 8.23. The van der Waals surface area contributed by atoms with Crippen LogP contribution in [0.25, 0.3) is 44.5 Å². The summed E-state index contributed by atoms with van der Waals surface area (Å²) >= 11 is 0. The molecule has 1 N–H and O–H groups in total. The molecule has 0 saturated carbocycles. The Kier molecular flexibility index (Phi) is 3.15. The summed E-state index contributed by atoms with van der Waals surface area (Å²) in [4.78, 5) is 0. The van der Waals surface area contributed by atoms with Crippen molar-refractivity contribution in [1.29, 1.82) is 0 Å². The maximum Gasteiger partial charge on any atom is 0.286 e. The lowest BCUT2D eigenvalue weighted by atomic mass is 9.65. The minimum Gasteiger partial charge on any atom is -0.353 e. The Morgan fingerprint density at radius 3 is 2.35 bits per heavy atom. The second-order valence-electron chi connectivity index (χ2n) is 9.71. The van der Waals surface area contributed by atoms with Gasteiger partial charge in [0.2, 0.25) is 0 Å². The van der Waals surface area contributed by atoms with Crippen LogP contribution in [0.1, 0.15) is 33.4 Å². The van der Waals surface area contributed by atoms with Gasteiger partial charge in [-0.2, -0.15) is 4.39 Å². The van der Waals surface area contributed by atoms with Gasteiger partial charge in [-0.25, -0.2) is 8.78 Å². The molecule has 3 unspecified atom stereocenters. The Hall–Kier alpha value is -3.63. The van der Waals surface area contributed by atoms with E-state index in [1.54, 1.807) is 6.07 Å². The summed E-state index contributed by atoms with van der Waals surface area (Å²) in [5, 5.41) is 15.4. The molecule has 0 aromatic heterocycles. The van der Waals surface area contributed by atoms with E-state index in [0.717, 1.165) is 49.7 Å². The molecule has 164 valence electrons. The summed E-state index contributed by atoms with van der Waals surface area (Å²) < 4.78 is 46.8. The van der Waals surface area contributed by atoms with Gasteiger partial charge in [-0.15, -0.1) is 0 Å². The predicted octanol–water partition coefficient (Wildman–Crippen LogP) is 7.23. The van der Waals surface area contributed by atoms with E-state index in [9.17, 15) is 5.11 Å². The van der Waals surface area contributed by atoms with Crippen LogP contribution in [0, 0.1) is 0 Å². The summed E-state index contributed by atoms with van der Waals surface area (Å²) in [6, 6.07) is 18.8. The smallest absolute Gasteiger partial charge is 0.286 e. The highest BCUT2D eigenvalue weighted by atomic mass is 19.2. The molecule has 3 aliphatic carbocycles. The minimum atomic E-state index is -3.23. The number of hydrogen-bond acceptors (Lipinski definition) is 1. The molecule has 34 heavy (non-hydrogen) atoms. The molecule has 3 atom stereocenters. The fraction of sp³-hybridized carbons (Fsp3) is 0.133. The van der Waals surface area contributed by atoms with Gasteiger partial charge >= 0.3 is 0 Å². The highest BCUT2D eigenvalue weighted by Gasteiger charge is 2.52. The number of allylic oxidation sites excluding steroid dienone is 1. The van der Waals surface area contributed by atoms with E-state index in [2.05, 4.69) is 0 Å². The number of rotatable bonds is 0. The molecule has 0 fully saturated rings. The average molecular weight is 450 g/mol. The van der Waals surface area contributed by atoms with Crippen LogP contribution < -0.4 is 0 Å². The summed E-state index contributed by atoms with van der Waals surface area (Å²) in [6.45, 7) is 0. The zero-order valence-corrected chi connectivity index (χ0v) is 17.9. The molecule has 0 amide bonds. The average Bonchev–Trinajstić information content (AvgIpc) is 3.12. The van der Waals surface area contributed by atoms with Crippen molar-refractivity contribution in [3.63, 3.8) is 0 Å². The molecule has 3 aliphatic rings. The van der Waals surface area contributed by atoms with Crippen molar-refractivity contribution in [2.45, 2.75) is 23.9 Å². The molecule has 8 rings (SSSR count). The van der Waals surface area contributed by atoms with Gasteiger partial charge in [0.05, 0.1) is 5.41 Å². The molecule has 0 aliphatic heterocycles. The lowest BCUT2D eigenvalue weighted by Crippen LogP contribution is -2.36. The van der Waals surface area contributed by atoms with Crippen molar-refractivity contribution < 1.29 is 18.3 Å². The van der Waals surface area contributed by atoms with Gasteiger partial charge in [-0.3, -0.25) is 0 Å². The molecular weight excluding hydrogens is 433 g/mol. The van der Waals surface area contributed by atoms with E-state index in [4.69, 9.17) is 0 Å². The van der Waals surface area contributed by atoms with Gasteiger partial charge in [0.25, 0.3) is 5.85 Å². The second-order valence-corrected chi connectivity index (χ2v) is 9.71. The number of alkyl halides is 2. The summed E-state index contributed by atoms with van der Waals surface area (Å²) in [7, 11) is 0. The van der Waals surface area contributed by atoms with Crippen LogP contribution in [0.15, 0.2) is 72.6 Å². The van der Waals surface area contributed by atoms with E-state index in [1.165, 1.54) is 6.07 Å². The van der Waals surface area contributed by atoms with E-state index >= 15 is 13.2 Å². The highest BCUT2D eigenvalue weighted by Crippen LogP contribution is 2.58. The van der Waals surface area contributed by atoms with E-state index in [0.29, 0.717) is 16.5 Å². The molecule has 4 heteroatoms. The first-order chi connectivity index (χ1) is 16.4. The molecule has 0 radical (unpaired) electrons. The number of hydrogen-bond donors (Lipinski definition) is 1. The first-order valence-electron chi connectivity index (χ1n) is 11.4. The third-order valence-corrected chi connectivity index (χ3v) is 8.23. The fourth-order valence-corrected chi connectivity index (χ4v) is 6.81. The van der Waals surface area contributed by atoms with E-state index in [1.807, 2.05) is 60.7 Å². The summed E-state index contributed by atoms with van der Waals surface area (Å²) in [5.41, 5.74) is 2.56. The molecule has 0 bridgehead atoms. The SMILES string of the molecule is OC1(F)C(F)=Cc2c3c4c(ccc5ccc6ccc1c2c6c54)C=CC31c2ccccc2CC1F. The maximum absolute atomic E-state index is 16.3. The fourth-order valence-electron chi connectivity index (χ4n) is 6.81. The Morgan fingerprint density at radius 1 is 0.824 bits per heavy atom. The Morgan fingerprint density at radius 2 is 1.53 bits per heavy atom. The molecule has 0 saturated heterocycles. The number of aliphatic hydroxyl groups is 1. The zero-order chi connectivity index (χ0) is 23.0. The van der Waals surface area contributed by atoms with E-state index < -0.39 is 23.3 Å². The third kappa shape index (κ3) is 1.88. The van der Waals surface area contributed by atoms with Crippen LogP contribution in [-0.2, 0) is 17.7 Å². The van der Waals surface area contributed by atoms with Gasteiger partial charge in [0, 0.05) is 12.0 Å². The van der Waals surface area contributed by atoms with Crippen molar-refractivity contribution >= 4 is 44.5 Å². The van der Waals surface area contributed by atoms with Crippen LogP contribution >= 0.6 is 0 Å². The van der Waals surface area contributed by atoms with Gasteiger partial charge in [-0.05, 0) is 66.2 Å². The molecule has 1 spiro atoms. The van der Waals surface area contributed by atoms with Gasteiger partial charge in [-0.1, -0.05) is 72.8 Å². The van der Waals surface area contributed by atoms with Crippen LogP contribution in [0.5, 0.6) is 0 Å². The normalized spacial score (nSPS) is 26.7. The standard InChI is InChI=1S/C30H17F3O/c31-22-13-18-3-1-2-4-20(18)29(22)12-11-17-8-7-15-5-6-16-9-10-21-27-19(14-23(32)30(21,33)34)28(29)26(17)24(15)25(16)27/h1-12,14,22,34H,13H2. The van der Waals surface area contributed by atoms with Gasteiger partial charge in [0.15, 0.2) is 5.83 Å². The van der Waals surface area contributed by atoms with E-state index in [-0.39, 0.29) is 12.0 Å². The summed E-state index contributed by atoms with van der Waals surface area (Å²) in [5.74, 6) is -4.51. The molecule has 5 aromatic rings. The van der Waals surface area contributed by atoms with Crippen molar-refractivity contribution in [3.8, 4) is 0 Å². The Balaban J connectivity index is 1.70. The number of benzene rings is 5. The largest absolute Gasteiger partial charge is 0.353 e. The lowest BCUT2D eigenvalue weighted by Gasteiger charge is -2.38. The molecule has 5 aromatic carbocycles. The first kappa shape index (κ1) is 18.8. The topological polar surface area (TPSA) is 20.2 Å². The van der Waals surface area contributed by atoms with Crippen molar-refractivity contribution in [2.24, 2.45) is 0 Å². The number of halogens is 3. The van der Waals surface area contributed by atoms with Crippen molar-refractivity contribution in [3.05, 3.63) is 106 Å². The first-order valence-corrected chi connectivity index (χ1v) is 11.4. The van der Waals surface area contributed by atoms with Crippen molar-refractivity contribution in [2.75, 3.05) is 0 Å². The maximum atomic E-state index is 16.3. The van der Waals surface area contributed by atoms with Gasteiger partial charge in [0.1, 0.15) is 6.17 Å². The van der Waals surface area contributed by atoms with Crippen LogP contribution in [0.4, 0.5) is 13.2 Å². The van der Waals surface area contributed by atoms with Crippen LogP contribution in [0.3, 0.4) is 0 Å². The van der Waals surface area contributed by atoms with Crippen LogP contribution in [0.2, 0.25) is 0 Å². The molecule has 0 heterocycles. The van der Waals surface area contributed by atoms with Gasteiger partial charge < -0.3 is 5.11 Å². The summed E-state index contributed by atoms with van der Waals surface area (Å²) in [6.07, 6.45) is 3.94. The highest BCUT2D eigenvalue weighted by molar-refractivity contribution is 6.29. The Bertz CT molecular complexity index is 1790. The lowest BCUT2D eigenvalue weighted by molar-refractivity contribution is -0.0745. The quantitative estimate of drug-likeness (QED) is 0.247. The van der Waals surface area contributed by atoms with Crippen molar-refractivity contribution in [1.82, 2.24) is 0 Å². The molecular formula is C30H17F3O. The monoisotopic (exact) mass is 450 g/mol. The van der Waals surface area contributed by atoms with Crippen LogP contribution in [-0.4, -0.2) is 11.3 Å². The second kappa shape index (κ2) is 5.70. The Labute approximate surface area is 192 Å². The molecule has 1 nitrogen and oxygen atoms in total. The zero-order valence-electron chi connectivity index (χ0n) is 17.9.